The van der Waals surface area contributed by atoms with Crippen molar-refractivity contribution >= 4 is 12.1 Å². The fourth-order valence-corrected chi connectivity index (χ4v) is 3.19. The van der Waals surface area contributed by atoms with E-state index in [4.69, 9.17) is 4.74 Å². The van der Waals surface area contributed by atoms with Gasteiger partial charge in [0.2, 0.25) is 0 Å². The van der Waals surface area contributed by atoms with Crippen LogP contribution in [0.4, 0.5) is 9.59 Å². The third-order valence-electron chi connectivity index (χ3n) is 4.51. The Kier molecular flexibility index (Phi) is 6.70. The van der Waals surface area contributed by atoms with Gasteiger partial charge < -0.3 is 19.9 Å². The van der Waals surface area contributed by atoms with E-state index in [1.54, 1.807) is 11.0 Å². The summed E-state index contributed by atoms with van der Waals surface area (Å²) in [6, 6.07) is 0.487. The average Bonchev–Trinajstić information content (AvgIpc) is 2.60. The summed E-state index contributed by atoms with van der Waals surface area (Å²) >= 11 is 0. The number of piperazine rings is 1. The van der Waals surface area contributed by atoms with Crippen molar-refractivity contribution in [3.8, 4) is 0 Å². The molecule has 0 aliphatic carbocycles. The van der Waals surface area contributed by atoms with Gasteiger partial charge >= 0.3 is 12.1 Å². The second kappa shape index (κ2) is 8.76. The molecule has 130 valence electrons. The van der Waals surface area contributed by atoms with Crippen molar-refractivity contribution in [2.75, 3.05) is 52.4 Å². The van der Waals surface area contributed by atoms with Crippen molar-refractivity contribution in [3.05, 3.63) is 12.7 Å². The molecule has 2 aliphatic rings. The minimum absolute atomic E-state index is 0.0123. The number of nitrogens with one attached hydrogen (secondary N) is 1. The van der Waals surface area contributed by atoms with Crippen LogP contribution < -0.4 is 5.32 Å². The quantitative estimate of drug-likeness (QED) is 0.787. The predicted octanol–water partition coefficient (Wildman–Crippen LogP) is 1.12. The molecule has 2 fully saturated rings. The molecule has 0 aromatic rings. The number of amides is 3. The molecule has 7 nitrogen and oxygen atoms in total. The number of piperidine rings is 1. The zero-order valence-corrected chi connectivity index (χ0v) is 14.0. The van der Waals surface area contributed by atoms with Crippen LogP contribution in [0.5, 0.6) is 0 Å². The first-order valence-corrected chi connectivity index (χ1v) is 8.45. The normalized spacial score (nSPS) is 20.2. The van der Waals surface area contributed by atoms with Gasteiger partial charge in [0.25, 0.3) is 0 Å². The van der Waals surface area contributed by atoms with Gasteiger partial charge in [0.05, 0.1) is 6.61 Å². The van der Waals surface area contributed by atoms with Gasteiger partial charge in [-0.1, -0.05) is 6.08 Å². The van der Waals surface area contributed by atoms with Crippen molar-refractivity contribution < 1.29 is 14.3 Å². The zero-order chi connectivity index (χ0) is 16.7. The van der Waals surface area contributed by atoms with E-state index in [2.05, 4.69) is 16.8 Å². The van der Waals surface area contributed by atoms with E-state index in [9.17, 15) is 9.59 Å². The van der Waals surface area contributed by atoms with Crippen LogP contribution in [0, 0.1) is 0 Å². The summed E-state index contributed by atoms with van der Waals surface area (Å²) in [6.07, 6.45) is 3.43. The summed E-state index contributed by atoms with van der Waals surface area (Å²) in [7, 11) is 0. The molecule has 0 radical (unpaired) electrons. The zero-order valence-electron chi connectivity index (χ0n) is 14.0. The molecule has 0 spiro atoms. The van der Waals surface area contributed by atoms with E-state index >= 15 is 0 Å². The highest BCUT2D eigenvalue weighted by atomic mass is 16.6. The smallest absolute Gasteiger partial charge is 0.409 e. The Hall–Kier alpha value is -1.76. The van der Waals surface area contributed by atoms with Gasteiger partial charge in [-0.3, -0.25) is 4.90 Å². The van der Waals surface area contributed by atoms with Gasteiger partial charge in [-0.05, 0) is 19.8 Å². The first kappa shape index (κ1) is 17.6. The summed E-state index contributed by atoms with van der Waals surface area (Å²) in [5, 5.41) is 2.82. The van der Waals surface area contributed by atoms with Crippen LogP contribution in [0.3, 0.4) is 0 Å². The largest absolute Gasteiger partial charge is 0.450 e. The van der Waals surface area contributed by atoms with Crippen molar-refractivity contribution in [1.29, 1.82) is 0 Å². The summed E-state index contributed by atoms with van der Waals surface area (Å²) in [4.78, 5) is 29.7. The highest BCUT2D eigenvalue weighted by Gasteiger charge is 2.30. The van der Waals surface area contributed by atoms with Gasteiger partial charge in [-0.15, -0.1) is 6.58 Å². The van der Waals surface area contributed by atoms with E-state index in [1.807, 2.05) is 11.8 Å². The van der Waals surface area contributed by atoms with Crippen LogP contribution in [-0.2, 0) is 4.74 Å². The van der Waals surface area contributed by atoms with Crippen molar-refractivity contribution in [2.45, 2.75) is 25.8 Å². The number of rotatable bonds is 4. The van der Waals surface area contributed by atoms with Gasteiger partial charge in [-0.25, -0.2) is 9.59 Å². The molecule has 7 heteroatoms. The molecule has 3 amide bonds. The van der Waals surface area contributed by atoms with Crippen molar-refractivity contribution in [1.82, 2.24) is 20.0 Å². The van der Waals surface area contributed by atoms with Crippen LogP contribution in [0.2, 0.25) is 0 Å². The topological polar surface area (TPSA) is 65.1 Å². The predicted molar refractivity (Wildman–Crippen MR) is 88.4 cm³/mol. The highest BCUT2D eigenvalue weighted by molar-refractivity contribution is 5.74. The van der Waals surface area contributed by atoms with Gasteiger partial charge in [0.1, 0.15) is 0 Å². The van der Waals surface area contributed by atoms with Gasteiger partial charge in [0, 0.05) is 51.9 Å². The third kappa shape index (κ3) is 4.86. The molecule has 0 bridgehead atoms. The second-order valence-corrected chi connectivity index (χ2v) is 5.91. The molecule has 23 heavy (non-hydrogen) atoms. The molecule has 0 aromatic heterocycles. The number of carbonyl (C=O) groups is 2. The number of urea groups is 1. The Morgan fingerprint density at radius 1 is 1.13 bits per heavy atom. The fraction of sp³-hybridized carbons (Fsp3) is 0.750. The standard InChI is InChI=1S/C16H28N4O3/c1-3-7-17-15(21)19-12-10-18(11-13-19)14-5-8-20(9-6-14)16(22)23-4-2/h3,14H,1,4-13H2,2H3,(H,17,21). The SMILES string of the molecule is C=CCNC(=O)N1CCN(C2CCN(C(=O)OCC)CC2)CC1. The average molecular weight is 324 g/mol. The van der Waals surface area contributed by atoms with E-state index < -0.39 is 0 Å². The maximum absolute atomic E-state index is 11.9. The number of hydrogen-bond donors (Lipinski definition) is 1. The Bertz CT molecular complexity index is 414. The minimum atomic E-state index is -0.199. The molecule has 0 unspecified atom stereocenters. The molecule has 0 aromatic carbocycles. The van der Waals surface area contributed by atoms with E-state index in [0.717, 1.165) is 52.1 Å². The van der Waals surface area contributed by atoms with E-state index in [-0.39, 0.29) is 12.1 Å². The molecule has 0 atom stereocenters. The number of nitrogens with zero attached hydrogens (tertiary/aromatic N) is 3. The van der Waals surface area contributed by atoms with E-state index in [0.29, 0.717) is 19.2 Å². The fourth-order valence-electron chi connectivity index (χ4n) is 3.19. The van der Waals surface area contributed by atoms with Gasteiger partial charge in [-0.2, -0.15) is 0 Å². The monoisotopic (exact) mass is 324 g/mol. The first-order valence-electron chi connectivity index (χ1n) is 8.45. The maximum atomic E-state index is 11.9. The number of hydrogen-bond acceptors (Lipinski definition) is 4. The van der Waals surface area contributed by atoms with E-state index in [1.165, 1.54) is 0 Å². The van der Waals surface area contributed by atoms with Crippen LogP contribution >= 0.6 is 0 Å². The molecule has 2 saturated heterocycles. The van der Waals surface area contributed by atoms with Crippen molar-refractivity contribution in [2.24, 2.45) is 0 Å². The lowest BCUT2D eigenvalue weighted by Gasteiger charge is -2.42. The molecular weight excluding hydrogens is 296 g/mol. The highest BCUT2D eigenvalue weighted by Crippen LogP contribution is 2.19. The second-order valence-electron chi connectivity index (χ2n) is 5.91. The van der Waals surface area contributed by atoms with Crippen molar-refractivity contribution in [3.63, 3.8) is 0 Å². The summed E-state index contributed by atoms with van der Waals surface area (Å²) in [5.41, 5.74) is 0. The molecule has 2 aliphatic heterocycles. The minimum Gasteiger partial charge on any atom is -0.450 e. The number of ether oxygens (including phenoxy) is 1. The lowest BCUT2D eigenvalue weighted by molar-refractivity contribution is 0.0569. The molecule has 0 saturated carbocycles. The third-order valence-corrected chi connectivity index (χ3v) is 4.51. The number of carbonyl (C=O) groups excluding carboxylic acids is 2. The molecule has 2 heterocycles. The van der Waals surface area contributed by atoms with Crippen LogP contribution in [0.1, 0.15) is 19.8 Å². The van der Waals surface area contributed by atoms with Crippen LogP contribution in [0.15, 0.2) is 12.7 Å². The Balaban J connectivity index is 1.71. The Morgan fingerprint density at radius 3 is 2.35 bits per heavy atom. The maximum Gasteiger partial charge on any atom is 0.409 e. The first-order chi connectivity index (χ1) is 11.2. The lowest BCUT2D eigenvalue weighted by atomic mass is 10.0. The van der Waals surface area contributed by atoms with Gasteiger partial charge in [0.15, 0.2) is 0 Å². The lowest BCUT2D eigenvalue weighted by Crippen LogP contribution is -2.56. The van der Waals surface area contributed by atoms with Crippen LogP contribution in [-0.4, -0.2) is 85.3 Å². The summed E-state index contributed by atoms with van der Waals surface area (Å²) in [5.74, 6) is 0. The van der Waals surface area contributed by atoms with Crippen LogP contribution in [0.25, 0.3) is 0 Å². The molecule has 1 N–H and O–H groups in total. The Labute approximate surface area is 138 Å². The molecular formula is C16H28N4O3. The Morgan fingerprint density at radius 2 is 1.78 bits per heavy atom. The summed E-state index contributed by atoms with van der Waals surface area (Å²) in [6.45, 7) is 11.2. The molecule has 2 rings (SSSR count). The number of likely N-dealkylation sites (tertiary alicyclic amines) is 1. The summed E-state index contributed by atoms with van der Waals surface area (Å²) < 4.78 is 5.05.